The number of anilines is 1. The first-order valence-electron chi connectivity index (χ1n) is 6.46. The summed E-state index contributed by atoms with van der Waals surface area (Å²) in [5.74, 6) is 1.57. The number of benzene rings is 1. The zero-order valence-corrected chi connectivity index (χ0v) is 13.1. The number of aromatic nitrogens is 1. The molecule has 0 atom stereocenters. The maximum Gasteiger partial charge on any atom is 0.149 e. The van der Waals surface area contributed by atoms with Crippen molar-refractivity contribution in [2.45, 2.75) is 19.8 Å². The van der Waals surface area contributed by atoms with Crippen LogP contribution in [0.5, 0.6) is 11.5 Å². The molecule has 0 saturated heterocycles. The third-order valence-electron chi connectivity index (χ3n) is 3.26. The van der Waals surface area contributed by atoms with Crippen LogP contribution in [0.3, 0.4) is 0 Å². The summed E-state index contributed by atoms with van der Waals surface area (Å²) < 4.78 is 10.8. The van der Waals surface area contributed by atoms with Crippen molar-refractivity contribution in [3.63, 3.8) is 0 Å². The zero-order valence-electron chi connectivity index (χ0n) is 12.4. The number of hydrogen-bond acceptors (Lipinski definition) is 4. The lowest BCUT2D eigenvalue weighted by molar-refractivity contribution is 0.410. The van der Waals surface area contributed by atoms with E-state index in [1.807, 2.05) is 13.1 Å². The Labute approximate surface area is 124 Å². The van der Waals surface area contributed by atoms with Crippen LogP contribution in [0, 0.1) is 0 Å². The van der Waals surface area contributed by atoms with Crippen LogP contribution < -0.4 is 14.8 Å². The molecule has 0 bridgehead atoms. The normalized spacial score (nSPS) is 10.9. The Morgan fingerprint density at radius 1 is 1.20 bits per heavy atom. The number of nitrogens with zero attached hydrogens (tertiary/aromatic N) is 1. The van der Waals surface area contributed by atoms with Crippen molar-refractivity contribution < 1.29 is 9.47 Å². The summed E-state index contributed by atoms with van der Waals surface area (Å²) in [7, 11) is 5.08. The minimum atomic E-state index is 0.317. The summed E-state index contributed by atoms with van der Waals surface area (Å²) in [5, 5.41) is 4.53. The fraction of sp³-hybridized carbons (Fsp3) is 0.400. The van der Waals surface area contributed by atoms with Crippen molar-refractivity contribution in [3.05, 3.63) is 22.8 Å². The predicted octanol–water partition coefficient (Wildman–Crippen LogP) is 4.07. The largest absolute Gasteiger partial charge is 0.494 e. The summed E-state index contributed by atoms with van der Waals surface area (Å²) in [5.41, 5.74) is 2.67. The Morgan fingerprint density at radius 3 is 2.40 bits per heavy atom. The Balaban J connectivity index is 2.93. The molecule has 0 aliphatic rings. The van der Waals surface area contributed by atoms with Crippen LogP contribution in [0.1, 0.15) is 25.5 Å². The van der Waals surface area contributed by atoms with Gasteiger partial charge in [-0.05, 0) is 12.0 Å². The Hall–Kier alpha value is -1.68. The van der Waals surface area contributed by atoms with E-state index in [9.17, 15) is 0 Å². The van der Waals surface area contributed by atoms with Gasteiger partial charge in [0, 0.05) is 24.5 Å². The van der Waals surface area contributed by atoms with Gasteiger partial charge in [0.1, 0.15) is 17.0 Å². The number of pyridine rings is 1. The van der Waals surface area contributed by atoms with E-state index in [0.29, 0.717) is 22.4 Å². The molecule has 0 aliphatic heterocycles. The van der Waals surface area contributed by atoms with E-state index in [-0.39, 0.29) is 0 Å². The van der Waals surface area contributed by atoms with Crippen molar-refractivity contribution in [2.24, 2.45) is 0 Å². The van der Waals surface area contributed by atoms with Gasteiger partial charge in [-0.1, -0.05) is 25.4 Å². The van der Waals surface area contributed by atoms with E-state index in [0.717, 1.165) is 22.3 Å². The van der Waals surface area contributed by atoms with Gasteiger partial charge in [-0.15, -0.1) is 0 Å². The minimum Gasteiger partial charge on any atom is -0.494 e. The van der Waals surface area contributed by atoms with Crippen LogP contribution in [0.2, 0.25) is 5.02 Å². The van der Waals surface area contributed by atoms with E-state index >= 15 is 0 Å². The second kappa shape index (κ2) is 5.75. The van der Waals surface area contributed by atoms with Gasteiger partial charge < -0.3 is 14.8 Å². The monoisotopic (exact) mass is 294 g/mol. The maximum atomic E-state index is 6.26. The highest BCUT2D eigenvalue weighted by Gasteiger charge is 2.18. The number of nitrogens with one attached hydrogen (secondary N) is 1. The maximum absolute atomic E-state index is 6.26. The van der Waals surface area contributed by atoms with Gasteiger partial charge in [-0.3, -0.25) is 0 Å². The van der Waals surface area contributed by atoms with E-state index in [1.165, 1.54) is 0 Å². The van der Waals surface area contributed by atoms with E-state index in [1.54, 1.807) is 20.3 Å². The first-order chi connectivity index (χ1) is 9.53. The van der Waals surface area contributed by atoms with Crippen molar-refractivity contribution in [2.75, 3.05) is 26.6 Å². The average Bonchev–Trinajstić information content (AvgIpc) is 2.45. The van der Waals surface area contributed by atoms with Gasteiger partial charge in [0.05, 0.1) is 24.6 Å². The van der Waals surface area contributed by atoms with E-state index in [2.05, 4.69) is 19.2 Å². The molecule has 20 heavy (non-hydrogen) atoms. The molecule has 0 amide bonds. The van der Waals surface area contributed by atoms with Crippen molar-refractivity contribution in [1.82, 2.24) is 4.98 Å². The number of hydrogen-bond donors (Lipinski definition) is 1. The number of rotatable bonds is 4. The van der Waals surface area contributed by atoms with Crippen LogP contribution in [-0.4, -0.2) is 26.3 Å². The molecule has 2 aromatic rings. The molecular weight excluding hydrogens is 276 g/mol. The van der Waals surface area contributed by atoms with Crippen LogP contribution in [0.15, 0.2) is 12.1 Å². The molecule has 1 aromatic heterocycles. The molecule has 1 heterocycles. The molecule has 108 valence electrons. The summed E-state index contributed by atoms with van der Waals surface area (Å²) in [6.07, 6.45) is 0. The lowest BCUT2D eigenvalue weighted by Crippen LogP contribution is -2.01. The van der Waals surface area contributed by atoms with Gasteiger partial charge in [0.2, 0.25) is 0 Å². The minimum absolute atomic E-state index is 0.317. The lowest BCUT2D eigenvalue weighted by atomic mass is 10.1. The summed E-state index contributed by atoms with van der Waals surface area (Å²) in [6, 6.07) is 3.75. The number of methoxy groups -OCH3 is 2. The van der Waals surface area contributed by atoms with Crippen molar-refractivity contribution in [3.8, 4) is 11.5 Å². The molecule has 1 aromatic carbocycles. The third kappa shape index (κ3) is 2.36. The summed E-state index contributed by atoms with van der Waals surface area (Å²) in [4.78, 5) is 4.70. The molecule has 5 heteroatoms. The fourth-order valence-corrected chi connectivity index (χ4v) is 2.46. The molecule has 4 nitrogen and oxygen atoms in total. The van der Waals surface area contributed by atoms with Crippen LogP contribution >= 0.6 is 11.6 Å². The van der Waals surface area contributed by atoms with Crippen LogP contribution in [0.25, 0.3) is 10.9 Å². The Bertz CT molecular complexity index is 642. The first kappa shape index (κ1) is 14.7. The average molecular weight is 295 g/mol. The zero-order chi connectivity index (χ0) is 14.9. The Morgan fingerprint density at radius 2 is 1.90 bits per heavy atom. The van der Waals surface area contributed by atoms with Gasteiger partial charge in [-0.25, -0.2) is 4.98 Å². The number of fused-ring (bicyclic) bond motifs is 1. The SMILES string of the molecule is CNc1cc(C(C)C)nc2c(OC)cc(Cl)c(OC)c12. The molecule has 0 aliphatic carbocycles. The van der Waals surface area contributed by atoms with Crippen LogP contribution in [0.4, 0.5) is 5.69 Å². The fourth-order valence-electron chi connectivity index (χ4n) is 2.19. The molecule has 0 spiro atoms. The second-order valence-corrected chi connectivity index (χ2v) is 5.22. The summed E-state index contributed by atoms with van der Waals surface area (Å²) >= 11 is 6.26. The highest BCUT2D eigenvalue weighted by atomic mass is 35.5. The lowest BCUT2D eigenvalue weighted by Gasteiger charge is -2.17. The molecule has 1 N–H and O–H groups in total. The van der Waals surface area contributed by atoms with Gasteiger partial charge in [0.25, 0.3) is 0 Å². The molecule has 2 rings (SSSR count). The smallest absolute Gasteiger partial charge is 0.149 e. The quantitative estimate of drug-likeness (QED) is 0.923. The predicted molar refractivity (Wildman–Crippen MR) is 83.5 cm³/mol. The molecular formula is C15H19ClN2O2. The second-order valence-electron chi connectivity index (χ2n) is 4.82. The van der Waals surface area contributed by atoms with E-state index < -0.39 is 0 Å². The van der Waals surface area contributed by atoms with Crippen LogP contribution in [-0.2, 0) is 0 Å². The standard InChI is InChI=1S/C15H19ClN2O2/c1-8(2)10-7-11(17-3)13-14(18-10)12(19-4)6-9(16)15(13)20-5/h6-8H,1-5H3,(H,17,18). The van der Waals surface area contributed by atoms with Crippen molar-refractivity contribution >= 4 is 28.2 Å². The highest BCUT2D eigenvalue weighted by Crippen LogP contribution is 2.42. The van der Waals surface area contributed by atoms with Gasteiger partial charge in [0.15, 0.2) is 0 Å². The van der Waals surface area contributed by atoms with E-state index in [4.69, 9.17) is 26.1 Å². The molecule has 0 fully saturated rings. The topological polar surface area (TPSA) is 43.4 Å². The first-order valence-corrected chi connectivity index (χ1v) is 6.84. The van der Waals surface area contributed by atoms with Crippen molar-refractivity contribution in [1.29, 1.82) is 0 Å². The molecule has 0 unspecified atom stereocenters. The highest BCUT2D eigenvalue weighted by molar-refractivity contribution is 6.34. The number of halogens is 1. The van der Waals surface area contributed by atoms with Gasteiger partial charge >= 0.3 is 0 Å². The molecule has 0 radical (unpaired) electrons. The van der Waals surface area contributed by atoms with Gasteiger partial charge in [-0.2, -0.15) is 0 Å². The third-order valence-corrected chi connectivity index (χ3v) is 3.54. The summed E-state index contributed by atoms with van der Waals surface area (Å²) in [6.45, 7) is 4.21. The number of ether oxygens (including phenoxy) is 2. The Kier molecular flexibility index (Phi) is 4.23. The molecule has 0 saturated carbocycles.